The van der Waals surface area contributed by atoms with Gasteiger partial charge >= 0.3 is 5.56 Å². The summed E-state index contributed by atoms with van der Waals surface area (Å²) in [5.41, 5.74) is 7.07. The highest BCUT2D eigenvalue weighted by Crippen LogP contribution is 2.28. The highest BCUT2D eigenvalue weighted by Gasteiger charge is 2.29. The van der Waals surface area contributed by atoms with Crippen LogP contribution in [0.25, 0.3) is 5.69 Å². The average molecular weight is 602 g/mol. The normalized spacial score (nSPS) is 14.3. The number of halogens is 3. The van der Waals surface area contributed by atoms with Gasteiger partial charge in [0.05, 0.1) is 17.6 Å². The molecule has 0 amide bonds. The van der Waals surface area contributed by atoms with Gasteiger partial charge in [0, 0.05) is 43.0 Å². The minimum Gasteiger partial charge on any atom is -0.481 e. The summed E-state index contributed by atoms with van der Waals surface area (Å²) in [7, 11) is -3.60. The minimum atomic E-state index is -3.60. The molecule has 41 heavy (non-hydrogen) atoms. The fourth-order valence-corrected chi connectivity index (χ4v) is 6.27. The first-order chi connectivity index (χ1) is 19.6. The Morgan fingerprint density at radius 3 is 2.27 bits per heavy atom. The molecule has 1 fully saturated rings. The van der Waals surface area contributed by atoms with Crippen LogP contribution in [0.2, 0.25) is 5.02 Å². The second kappa shape index (κ2) is 11.9. The van der Waals surface area contributed by atoms with E-state index in [1.165, 1.54) is 10.5 Å². The van der Waals surface area contributed by atoms with E-state index in [1.54, 1.807) is 53.4 Å². The molecule has 214 valence electrons. The lowest BCUT2D eigenvalue weighted by Crippen LogP contribution is -2.49. The summed E-state index contributed by atoms with van der Waals surface area (Å²) < 4.78 is 62.2. The third kappa shape index (κ3) is 6.67. The van der Waals surface area contributed by atoms with Gasteiger partial charge in [-0.25, -0.2) is 17.2 Å². The standard InChI is InChI=1S/C28H26ClF2N5O4S/c29-21-3-1-2-20(12-21)17-40-27-26(16-33-36(28(27)37)25-14-22(30)13-23(31)15-25)34-8-10-35(11-9-34)41(38,39)18-19-4-6-24(32)7-5-19/h1-7,12-16H,8-11,17-18,32H2. The first kappa shape index (κ1) is 28.5. The van der Waals surface area contributed by atoms with E-state index in [2.05, 4.69) is 5.10 Å². The Bertz CT molecular complexity index is 1710. The smallest absolute Gasteiger partial charge is 0.316 e. The van der Waals surface area contributed by atoms with Gasteiger partial charge in [-0.15, -0.1) is 0 Å². The molecule has 0 unspecified atom stereocenters. The second-order valence-electron chi connectivity index (χ2n) is 9.51. The number of anilines is 2. The summed E-state index contributed by atoms with van der Waals surface area (Å²) >= 11 is 6.08. The molecule has 0 radical (unpaired) electrons. The maximum atomic E-state index is 13.9. The molecule has 2 N–H and O–H groups in total. The molecule has 1 aliphatic rings. The van der Waals surface area contributed by atoms with Crippen LogP contribution < -0.4 is 20.9 Å². The topological polar surface area (TPSA) is 111 Å². The van der Waals surface area contributed by atoms with Crippen molar-refractivity contribution >= 4 is 33.0 Å². The number of nitrogen functional groups attached to an aromatic ring is 1. The number of hydrogen-bond donors (Lipinski definition) is 1. The van der Waals surface area contributed by atoms with Crippen molar-refractivity contribution in [1.29, 1.82) is 0 Å². The van der Waals surface area contributed by atoms with Gasteiger partial charge in [-0.1, -0.05) is 35.9 Å². The van der Waals surface area contributed by atoms with E-state index in [1.807, 2.05) is 0 Å². The monoisotopic (exact) mass is 601 g/mol. The van der Waals surface area contributed by atoms with Crippen molar-refractivity contribution in [3.05, 3.63) is 111 Å². The molecule has 2 heterocycles. The first-order valence-corrected chi connectivity index (χ1v) is 14.6. The molecule has 1 aliphatic heterocycles. The van der Waals surface area contributed by atoms with E-state index in [-0.39, 0.29) is 50.0 Å². The molecule has 0 spiro atoms. The fourth-order valence-electron chi connectivity index (χ4n) is 4.54. The van der Waals surface area contributed by atoms with E-state index < -0.39 is 27.2 Å². The summed E-state index contributed by atoms with van der Waals surface area (Å²) in [6.45, 7) is 0.842. The van der Waals surface area contributed by atoms with Crippen LogP contribution >= 0.6 is 11.6 Å². The van der Waals surface area contributed by atoms with Gasteiger partial charge in [0.1, 0.15) is 23.9 Å². The maximum absolute atomic E-state index is 13.9. The summed E-state index contributed by atoms with van der Waals surface area (Å²) in [5.74, 6) is -1.99. The largest absolute Gasteiger partial charge is 0.481 e. The third-order valence-electron chi connectivity index (χ3n) is 6.58. The van der Waals surface area contributed by atoms with Gasteiger partial charge in [-0.3, -0.25) is 4.79 Å². The van der Waals surface area contributed by atoms with Crippen molar-refractivity contribution in [2.24, 2.45) is 0 Å². The number of benzene rings is 3. The van der Waals surface area contributed by atoms with E-state index in [9.17, 15) is 22.0 Å². The minimum absolute atomic E-state index is 0.0136. The summed E-state index contributed by atoms with van der Waals surface area (Å²) in [6.07, 6.45) is 1.37. The summed E-state index contributed by atoms with van der Waals surface area (Å²) in [5, 5.41) is 4.64. The quantitative estimate of drug-likeness (QED) is 0.304. The Morgan fingerprint density at radius 2 is 1.61 bits per heavy atom. The molecule has 13 heteroatoms. The van der Waals surface area contributed by atoms with E-state index in [0.717, 1.165) is 16.8 Å². The zero-order valence-electron chi connectivity index (χ0n) is 21.7. The fraction of sp³-hybridized carbons (Fsp3) is 0.214. The first-order valence-electron chi connectivity index (χ1n) is 12.6. The van der Waals surface area contributed by atoms with E-state index in [4.69, 9.17) is 22.1 Å². The average Bonchev–Trinajstić information content (AvgIpc) is 2.93. The van der Waals surface area contributed by atoms with Gasteiger partial charge in [0.15, 0.2) is 0 Å². The van der Waals surface area contributed by atoms with Crippen molar-refractivity contribution in [1.82, 2.24) is 14.1 Å². The van der Waals surface area contributed by atoms with Gasteiger partial charge < -0.3 is 15.4 Å². The van der Waals surface area contributed by atoms with Gasteiger partial charge in [0.2, 0.25) is 15.8 Å². The van der Waals surface area contributed by atoms with Crippen LogP contribution in [0.5, 0.6) is 5.75 Å². The van der Waals surface area contributed by atoms with Gasteiger partial charge in [-0.2, -0.15) is 14.1 Å². The SMILES string of the molecule is Nc1ccc(CS(=O)(=O)N2CCN(c3cnn(-c4cc(F)cc(F)c4)c(=O)c3OCc3cccc(Cl)c3)CC2)cc1. The van der Waals surface area contributed by atoms with E-state index >= 15 is 0 Å². The second-order valence-corrected chi connectivity index (χ2v) is 11.9. The summed E-state index contributed by atoms with van der Waals surface area (Å²) in [4.78, 5) is 15.4. The lowest BCUT2D eigenvalue weighted by molar-refractivity contribution is 0.297. The highest BCUT2D eigenvalue weighted by molar-refractivity contribution is 7.88. The van der Waals surface area contributed by atoms with Crippen LogP contribution in [-0.2, 0) is 22.4 Å². The molecule has 3 aromatic carbocycles. The predicted molar refractivity (Wildman–Crippen MR) is 153 cm³/mol. The molecule has 4 aromatic rings. The Hall–Kier alpha value is -4.00. The molecule has 0 bridgehead atoms. The van der Waals surface area contributed by atoms with Gasteiger partial charge in [0.25, 0.3) is 0 Å². The molecule has 1 saturated heterocycles. The van der Waals surface area contributed by atoms with Crippen molar-refractivity contribution in [3.63, 3.8) is 0 Å². The van der Waals surface area contributed by atoms with Crippen molar-refractivity contribution in [2.45, 2.75) is 12.4 Å². The van der Waals surface area contributed by atoms with Crippen LogP contribution in [0, 0.1) is 11.6 Å². The number of nitrogens with zero attached hydrogens (tertiary/aromatic N) is 4. The number of aromatic nitrogens is 2. The van der Waals surface area contributed by atoms with Crippen molar-refractivity contribution in [2.75, 3.05) is 36.8 Å². The number of ether oxygens (including phenoxy) is 1. The number of piperazine rings is 1. The zero-order chi connectivity index (χ0) is 29.1. The van der Waals surface area contributed by atoms with Crippen LogP contribution in [0.4, 0.5) is 20.2 Å². The van der Waals surface area contributed by atoms with Gasteiger partial charge in [-0.05, 0) is 47.5 Å². The Labute approximate surface area is 240 Å². The number of nitrogens with two attached hydrogens (primary N) is 1. The van der Waals surface area contributed by atoms with Crippen LogP contribution in [0.1, 0.15) is 11.1 Å². The molecular weight excluding hydrogens is 576 g/mol. The highest BCUT2D eigenvalue weighted by atomic mass is 35.5. The molecule has 5 rings (SSSR count). The Balaban J connectivity index is 1.41. The predicted octanol–water partition coefficient (Wildman–Crippen LogP) is 3.98. The number of rotatable bonds is 8. The van der Waals surface area contributed by atoms with Crippen LogP contribution in [-0.4, -0.2) is 48.7 Å². The zero-order valence-corrected chi connectivity index (χ0v) is 23.3. The van der Waals surface area contributed by atoms with Crippen LogP contribution in [0.15, 0.2) is 77.7 Å². The Morgan fingerprint density at radius 1 is 0.927 bits per heavy atom. The lowest BCUT2D eigenvalue weighted by atomic mass is 10.2. The summed E-state index contributed by atoms with van der Waals surface area (Å²) in [6, 6.07) is 16.2. The molecule has 0 atom stereocenters. The molecule has 9 nitrogen and oxygen atoms in total. The van der Waals surface area contributed by atoms with Crippen LogP contribution in [0.3, 0.4) is 0 Å². The third-order valence-corrected chi connectivity index (χ3v) is 8.67. The van der Waals surface area contributed by atoms with E-state index in [0.29, 0.717) is 33.6 Å². The molecular formula is C28H26ClF2N5O4S. The van der Waals surface area contributed by atoms with Crippen molar-refractivity contribution in [3.8, 4) is 11.4 Å². The number of hydrogen-bond acceptors (Lipinski definition) is 7. The number of sulfonamides is 1. The lowest BCUT2D eigenvalue weighted by Gasteiger charge is -2.35. The Kier molecular flexibility index (Phi) is 8.25. The molecule has 1 aromatic heterocycles. The van der Waals surface area contributed by atoms with Crippen molar-refractivity contribution < 1.29 is 21.9 Å². The maximum Gasteiger partial charge on any atom is 0.316 e. The molecule has 0 aliphatic carbocycles. The molecule has 0 saturated carbocycles.